The molecule has 3 aromatic rings. The van der Waals surface area contributed by atoms with Crippen LogP contribution in [0.15, 0.2) is 59.9 Å². The van der Waals surface area contributed by atoms with Crippen LogP contribution in [-0.4, -0.2) is 24.4 Å². The molecule has 6 heteroatoms. The molecule has 5 nitrogen and oxygen atoms in total. The Morgan fingerprint density at radius 3 is 2.29 bits per heavy atom. The van der Waals surface area contributed by atoms with Gasteiger partial charge in [0.1, 0.15) is 0 Å². The smallest absolute Gasteiger partial charge is 0.219 e. The number of hydrogen-bond donors (Lipinski definition) is 1. The summed E-state index contributed by atoms with van der Waals surface area (Å²) in [6, 6.07) is 11.8. The first-order chi connectivity index (χ1) is 11.7. The second kappa shape index (κ2) is 6.13. The third kappa shape index (κ3) is 2.92. The monoisotopic (exact) mass is 336 g/mol. The molecule has 2 heterocycles. The van der Waals surface area contributed by atoms with Crippen molar-refractivity contribution in [2.75, 3.05) is 5.73 Å². The van der Waals surface area contributed by atoms with Crippen molar-refractivity contribution in [3.8, 4) is 22.4 Å². The number of hydrogen-bond acceptors (Lipinski definition) is 5. The highest BCUT2D eigenvalue weighted by Crippen LogP contribution is 2.35. The van der Waals surface area contributed by atoms with Crippen molar-refractivity contribution >= 4 is 16.7 Å². The fourth-order valence-corrected chi connectivity index (χ4v) is 4.08. The molecule has 1 saturated carbocycles. The largest absolute Gasteiger partial charge is 0.368 e. The van der Waals surface area contributed by atoms with Crippen molar-refractivity contribution in [1.82, 2.24) is 15.0 Å². The molecule has 4 rings (SSSR count). The number of pyridine rings is 1. The number of anilines is 1. The van der Waals surface area contributed by atoms with Crippen LogP contribution in [0.3, 0.4) is 0 Å². The quantitative estimate of drug-likeness (QED) is 0.792. The molecule has 2 N–H and O–H groups in total. The summed E-state index contributed by atoms with van der Waals surface area (Å²) < 4.78 is 12.6. The van der Waals surface area contributed by atoms with Crippen LogP contribution in [0.4, 0.5) is 5.95 Å². The van der Waals surface area contributed by atoms with Gasteiger partial charge < -0.3 is 5.73 Å². The fraction of sp³-hybridized carbons (Fsp3) is 0.167. The maximum Gasteiger partial charge on any atom is 0.219 e. The molecule has 1 unspecified atom stereocenters. The topological polar surface area (TPSA) is 81.8 Å². The molecule has 0 saturated heterocycles. The summed E-state index contributed by atoms with van der Waals surface area (Å²) in [4.78, 5) is 13.4. The second-order valence-electron chi connectivity index (χ2n) is 5.75. The highest BCUT2D eigenvalue weighted by atomic mass is 32.2. The van der Waals surface area contributed by atoms with Gasteiger partial charge in [-0.2, -0.15) is 0 Å². The van der Waals surface area contributed by atoms with Gasteiger partial charge in [-0.15, -0.1) is 0 Å². The van der Waals surface area contributed by atoms with Gasteiger partial charge in [0.25, 0.3) is 0 Å². The molecule has 0 radical (unpaired) electrons. The van der Waals surface area contributed by atoms with Gasteiger partial charge in [0.05, 0.1) is 16.5 Å². The molecule has 0 spiro atoms. The fourth-order valence-electron chi connectivity index (χ4n) is 2.54. The molecular formula is C18H16N4OS. The van der Waals surface area contributed by atoms with Crippen molar-refractivity contribution in [3.63, 3.8) is 0 Å². The summed E-state index contributed by atoms with van der Waals surface area (Å²) in [6.07, 6.45) is 7.21. The van der Waals surface area contributed by atoms with E-state index < -0.39 is 10.8 Å². The summed E-state index contributed by atoms with van der Waals surface area (Å²) in [5.41, 5.74) is 9.04. The van der Waals surface area contributed by atoms with Crippen LogP contribution in [-0.2, 0) is 10.8 Å². The number of aromatic nitrogens is 3. The minimum Gasteiger partial charge on any atom is -0.368 e. The Labute approximate surface area is 142 Å². The molecule has 120 valence electrons. The molecular weight excluding hydrogens is 320 g/mol. The first-order valence-corrected chi connectivity index (χ1v) is 8.97. The summed E-state index contributed by atoms with van der Waals surface area (Å²) in [5.74, 6) is 0.242. The van der Waals surface area contributed by atoms with Crippen LogP contribution in [0.1, 0.15) is 12.8 Å². The minimum absolute atomic E-state index is 0.242. The van der Waals surface area contributed by atoms with E-state index in [1.165, 1.54) is 0 Å². The van der Waals surface area contributed by atoms with Crippen molar-refractivity contribution in [2.45, 2.75) is 23.0 Å². The van der Waals surface area contributed by atoms with Crippen LogP contribution >= 0.6 is 0 Å². The van der Waals surface area contributed by atoms with E-state index in [0.717, 1.165) is 40.1 Å². The number of nitrogens with two attached hydrogens (primary N) is 1. The van der Waals surface area contributed by atoms with Gasteiger partial charge in [-0.1, -0.05) is 24.3 Å². The minimum atomic E-state index is -0.942. The van der Waals surface area contributed by atoms with Crippen molar-refractivity contribution in [3.05, 3.63) is 55.0 Å². The lowest BCUT2D eigenvalue weighted by Gasteiger charge is -2.09. The first kappa shape index (κ1) is 15.0. The van der Waals surface area contributed by atoms with E-state index in [-0.39, 0.29) is 5.95 Å². The summed E-state index contributed by atoms with van der Waals surface area (Å²) in [7, 11) is -0.942. The van der Waals surface area contributed by atoms with Crippen LogP contribution in [0.2, 0.25) is 0 Å². The second-order valence-corrected chi connectivity index (χ2v) is 7.46. The van der Waals surface area contributed by atoms with Gasteiger partial charge in [-0.3, -0.25) is 9.19 Å². The van der Waals surface area contributed by atoms with Gasteiger partial charge in [-0.05, 0) is 30.5 Å². The van der Waals surface area contributed by atoms with E-state index in [9.17, 15) is 4.21 Å². The van der Waals surface area contributed by atoms with E-state index in [1.54, 1.807) is 18.6 Å². The lowest BCUT2D eigenvalue weighted by atomic mass is 10.1. The maximum atomic E-state index is 12.6. The van der Waals surface area contributed by atoms with Crippen molar-refractivity contribution < 1.29 is 4.21 Å². The standard InChI is InChI=1S/C18H16N4OS/c19-18-21-10-13(11-22-18)16-8-5-12(9-20-16)15-3-1-2-4-17(15)24(23)14-6-7-14/h1-5,8-11,14H,6-7H2,(H2,19,21,22). The Kier molecular flexibility index (Phi) is 3.82. The Morgan fingerprint density at radius 1 is 0.917 bits per heavy atom. The number of nitrogens with zero attached hydrogens (tertiary/aromatic N) is 3. The first-order valence-electron chi connectivity index (χ1n) is 7.76. The molecule has 0 aliphatic heterocycles. The molecule has 1 aliphatic carbocycles. The summed E-state index contributed by atoms with van der Waals surface area (Å²) in [6.45, 7) is 0. The summed E-state index contributed by atoms with van der Waals surface area (Å²) in [5, 5.41) is 0.310. The van der Waals surface area contributed by atoms with E-state index >= 15 is 0 Å². The summed E-state index contributed by atoms with van der Waals surface area (Å²) >= 11 is 0. The highest BCUT2D eigenvalue weighted by Gasteiger charge is 2.30. The van der Waals surface area contributed by atoms with Crippen LogP contribution in [0.25, 0.3) is 22.4 Å². The Morgan fingerprint density at radius 2 is 1.62 bits per heavy atom. The van der Waals surface area contributed by atoms with Gasteiger partial charge >= 0.3 is 0 Å². The number of nitrogen functional groups attached to an aromatic ring is 1. The number of benzene rings is 1. The van der Waals surface area contributed by atoms with Gasteiger partial charge in [-0.25, -0.2) is 9.97 Å². The molecule has 24 heavy (non-hydrogen) atoms. The van der Waals surface area contributed by atoms with E-state index in [1.807, 2.05) is 36.4 Å². The van der Waals surface area contributed by atoms with Gasteiger partial charge in [0, 0.05) is 39.9 Å². The highest BCUT2D eigenvalue weighted by molar-refractivity contribution is 7.86. The molecule has 1 fully saturated rings. The molecule has 1 atom stereocenters. The SMILES string of the molecule is Nc1ncc(-c2ccc(-c3ccccc3S(=O)C3CC3)cn2)cn1. The van der Waals surface area contributed by atoms with Crippen LogP contribution in [0, 0.1) is 0 Å². The van der Waals surface area contributed by atoms with E-state index in [0.29, 0.717) is 5.25 Å². The average molecular weight is 336 g/mol. The lowest BCUT2D eigenvalue weighted by Crippen LogP contribution is -2.00. The molecule has 0 bridgehead atoms. The van der Waals surface area contributed by atoms with Gasteiger partial charge in [0.2, 0.25) is 5.95 Å². The Balaban J connectivity index is 1.68. The zero-order valence-corrected chi connectivity index (χ0v) is 13.7. The molecule has 0 amide bonds. The Bertz CT molecular complexity index is 890. The average Bonchev–Trinajstić information content (AvgIpc) is 3.47. The number of rotatable bonds is 4. The Hall–Kier alpha value is -2.60. The third-order valence-corrected chi connectivity index (χ3v) is 5.84. The van der Waals surface area contributed by atoms with Crippen molar-refractivity contribution in [1.29, 1.82) is 0 Å². The maximum absolute atomic E-state index is 12.6. The van der Waals surface area contributed by atoms with Crippen LogP contribution < -0.4 is 5.73 Å². The third-order valence-electron chi connectivity index (χ3n) is 3.97. The lowest BCUT2D eigenvalue weighted by molar-refractivity contribution is 0.682. The van der Waals surface area contributed by atoms with Crippen LogP contribution in [0.5, 0.6) is 0 Å². The zero-order chi connectivity index (χ0) is 16.5. The normalized spacial score (nSPS) is 15.2. The van der Waals surface area contributed by atoms with E-state index in [2.05, 4.69) is 15.0 Å². The predicted octanol–water partition coefficient (Wildman–Crippen LogP) is 3.06. The van der Waals surface area contributed by atoms with E-state index in [4.69, 9.17) is 5.73 Å². The van der Waals surface area contributed by atoms with Crippen molar-refractivity contribution in [2.24, 2.45) is 0 Å². The van der Waals surface area contributed by atoms with Gasteiger partial charge in [0.15, 0.2) is 0 Å². The molecule has 1 aliphatic rings. The zero-order valence-electron chi connectivity index (χ0n) is 12.9. The molecule has 1 aromatic carbocycles. The predicted molar refractivity (Wildman–Crippen MR) is 94.5 cm³/mol. The molecule has 2 aromatic heterocycles.